The standard InChI is InChI=1S/C33H33N3O5/c37-33-31(6-3-4-23-8-12-25(13-9-23)36(38)39)30-5-1-2-7-32(30)35(33)22-24-10-14-26(15-11-24)40-28-20-29(21-28)41-27-16-18-34-19-17-27/h1-15,27-29,34H,16-22H2/b4-3+,31-6-. The number of ether oxygens (including phenoxy) is 2. The highest BCUT2D eigenvalue weighted by Gasteiger charge is 2.34. The average molecular weight is 552 g/mol. The first-order valence-electron chi connectivity index (χ1n) is 14.2. The van der Waals surface area contributed by atoms with Crippen LogP contribution in [0, 0.1) is 10.1 Å². The van der Waals surface area contributed by atoms with E-state index in [1.54, 1.807) is 23.1 Å². The molecule has 3 aromatic carbocycles. The highest BCUT2D eigenvalue weighted by atomic mass is 16.6. The van der Waals surface area contributed by atoms with Gasteiger partial charge in [-0.15, -0.1) is 0 Å². The Balaban J connectivity index is 1.06. The number of anilines is 1. The lowest BCUT2D eigenvalue weighted by molar-refractivity contribution is -0.384. The molecular formula is C33H33N3O5. The van der Waals surface area contributed by atoms with Crippen LogP contribution in [-0.4, -0.2) is 42.2 Å². The van der Waals surface area contributed by atoms with Gasteiger partial charge in [-0.05, 0) is 73.5 Å². The predicted octanol–water partition coefficient (Wildman–Crippen LogP) is 5.92. The quantitative estimate of drug-likeness (QED) is 0.202. The fraction of sp³-hybridized carbons (Fsp3) is 0.303. The fourth-order valence-electron chi connectivity index (χ4n) is 5.56. The Morgan fingerprint density at radius 2 is 1.66 bits per heavy atom. The predicted molar refractivity (Wildman–Crippen MR) is 159 cm³/mol. The molecule has 3 aliphatic rings. The van der Waals surface area contributed by atoms with Gasteiger partial charge in [0.05, 0.1) is 29.4 Å². The Bertz CT molecular complexity index is 1450. The molecule has 8 nitrogen and oxygen atoms in total. The monoisotopic (exact) mass is 551 g/mol. The molecule has 1 saturated heterocycles. The Morgan fingerprint density at radius 3 is 2.39 bits per heavy atom. The van der Waals surface area contributed by atoms with Gasteiger partial charge in [0, 0.05) is 36.1 Å². The van der Waals surface area contributed by atoms with Gasteiger partial charge in [0.1, 0.15) is 11.9 Å². The van der Waals surface area contributed by atoms with Crippen molar-refractivity contribution in [3.05, 3.63) is 112 Å². The summed E-state index contributed by atoms with van der Waals surface area (Å²) in [5.74, 6) is 0.776. The number of amides is 1. The molecule has 1 aliphatic carbocycles. The van der Waals surface area contributed by atoms with Crippen molar-refractivity contribution in [3.8, 4) is 5.75 Å². The number of nitro groups is 1. The smallest absolute Gasteiger partial charge is 0.269 e. The van der Waals surface area contributed by atoms with Gasteiger partial charge in [-0.1, -0.05) is 42.5 Å². The molecular weight excluding hydrogens is 518 g/mol. The summed E-state index contributed by atoms with van der Waals surface area (Å²) in [4.78, 5) is 25.7. The highest BCUT2D eigenvalue weighted by molar-refractivity contribution is 6.32. The Hall–Kier alpha value is -4.27. The maximum Gasteiger partial charge on any atom is 0.269 e. The lowest BCUT2D eigenvalue weighted by atomic mass is 9.91. The van der Waals surface area contributed by atoms with E-state index in [9.17, 15) is 14.9 Å². The molecule has 0 bridgehead atoms. The Labute approximate surface area is 239 Å². The summed E-state index contributed by atoms with van der Waals surface area (Å²) < 4.78 is 12.4. The van der Waals surface area contributed by atoms with Gasteiger partial charge in [0.2, 0.25) is 0 Å². The van der Waals surface area contributed by atoms with E-state index in [4.69, 9.17) is 9.47 Å². The minimum atomic E-state index is -0.422. The van der Waals surface area contributed by atoms with Crippen LogP contribution in [0.15, 0.2) is 84.9 Å². The highest BCUT2D eigenvalue weighted by Crippen LogP contribution is 2.38. The summed E-state index contributed by atoms with van der Waals surface area (Å²) in [6, 6.07) is 22.1. The third-order valence-electron chi connectivity index (χ3n) is 7.91. The minimum Gasteiger partial charge on any atom is -0.490 e. The third kappa shape index (κ3) is 6.24. The molecule has 1 saturated carbocycles. The average Bonchev–Trinajstić information content (AvgIpc) is 3.24. The first kappa shape index (κ1) is 26.9. The first-order chi connectivity index (χ1) is 20.0. The second-order valence-electron chi connectivity index (χ2n) is 10.8. The van der Waals surface area contributed by atoms with Gasteiger partial charge >= 0.3 is 0 Å². The number of nitrogens with one attached hydrogen (secondary N) is 1. The van der Waals surface area contributed by atoms with E-state index in [1.807, 2.05) is 60.7 Å². The molecule has 0 radical (unpaired) electrons. The van der Waals surface area contributed by atoms with Crippen LogP contribution in [0.5, 0.6) is 5.75 Å². The van der Waals surface area contributed by atoms with Crippen LogP contribution in [-0.2, 0) is 16.1 Å². The number of hydrogen-bond donors (Lipinski definition) is 1. The number of carbonyl (C=O) groups excluding carboxylic acids is 1. The van der Waals surface area contributed by atoms with Crippen molar-refractivity contribution in [2.75, 3.05) is 18.0 Å². The molecule has 0 unspecified atom stereocenters. The maximum atomic E-state index is 13.5. The van der Waals surface area contributed by atoms with E-state index in [1.165, 1.54) is 12.1 Å². The summed E-state index contributed by atoms with van der Waals surface area (Å²) in [7, 11) is 0. The van der Waals surface area contributed by atoms with E-state index in [0.717, 1.165) is 66.9 Å². The lowest BCUT2D eigenvalue weighted by Crippen LogP contribution is -2.43. The Morgan fingerprint density at radius 1 is 0.927 bits per heavy atom. The van der Waals surface area contributed by atoms with E-state index >= 15 is 0 Å². The maximum absolute atomic E-state index is 13.5. The summed E-state index contributed by atoms with van der Waals surface area (Å²) >= 11 is 0. The summed E-state index contributed by atoms with van der Waals surface area (Å²) in [5, 5.41) is 14.3. The molecule has 1 amide bonds. The van der Waals surface area contributed by atoms with Crippen LogP contribution < -0.4 is 15.0 Å². The van der Waals surface area contributed by atoms with Crippen molar-refractivity contribution in [2.24, 2.45) is 0 Å². The number of benzene rings is 3. The normalized spacial score (nSPS) is 21.7. The van der Waals surface area contributed by atoms with Gasteiger partial charge in [-0.25, -0.2) is 0 Å². The van der Waals surface area contributed by atoms with Crippen LogP contribution in [0.1, 0.15) is 42.4 Å². The Kier molecular flexibility index (Phi) is 7.93. The van der Waals surface area contributed by atoms with Crippen LogP contribution in [0.25, 0.3) is 11.6 Å². The zero-order valence-electron chi connectivity index (χ0n) is 22.8. The number of nitro benzene ring substituents is 1. The van der Waals surface area contributed by atoms with E-state index in [0.29, 0.717) is 24.3 Å². The van der Waals surface area contributed by atoms with Crippen molar-refractivity contribution in [1.82, 2.24) is 5.32 Å². The van der Waals surface area contributed by atoms with E-state index < -0.39 is 4.92 Å². The second kappa shape index (κ2) is 12.1. The summed E-state index contributed by atoms with van der Waals surface area (Å²) in [5.41, 5.74) is 4.26. The van der Waals surface area contributed by atoms with Crippen LogP contribution in [0.4, 0.5) is 11.4 Å². The number of hydrogen-bond acceptors (Lipinski definition) is 6. The largest absolute Gasteiger partial charge is 0.490 e. The van der Waals surface area contributed by atoms with Crippen molar-refractivity contribution in [3.63, 3.8) is 0 Å². The molecule has 0 atom stereocenters. The van der Waals surface area contributed by atoms with Crippen LogP contribution in [0.2, 0.25) is 0 Å². The van der Waals surface area contributed by atoms with Crippen LogP contribution in [0.3, 0.4) is 0 Å². The number of allylic oxidation sites excluding steroid dienone is 2. The van der Waals surface area contributed by atoms with Gasteiger partial charge in [0.25, 0.3) is 11.6 Å². The van der Waals surface area contributed by atoms with Gasteiger partial charge in [0.15, 0.2) is 0 Å². The second-order valence-corrected chi connectivity index (χ2v) is 10.8. The number of fused-ring (bicyclic) bond motifs is 1. The van der Waals surface area contributed by atoms with Gasteiger partial charge in [-0.3, -0.25) is 14.9 Å². The number of piperidine rings is 1. The minimum absolute atomic E-state index is 0.0462. The van der Waals surface area contributed by atoms with E-state index in [2.05, 4.69) is 5.32 Å². The summed E-state index contributed by atoms with van der Waals surface area (Å²) in [6.07, 6.45) is 10.3. The van der Waals surface area contributed by atoms with Crippen LogP contribution >= 0.6 is 0 Å². The molecule has 41 heavy (non-hydrogen) atoms. The molecule has 2 heterocycles. The molecule has 3 aromatic rings. The van der Waals surface area contributed by atoms with Crippen molar-refractivity contribution >= 4 is 28.9 Å². The van der Waals surface area contributed by atoms with Crippen molar-refractivity contribution in [2.45, 2.75) is 50.5 Å². The number of non-ortho nitro benzene ring substituents is 1. The first-order valence-corrected chi connectivity index (χ1v) is 14.2. The molecule has 1 N–H and O–H groups in total. The molecule has 0 aromatic heterocycles. The molecule has 0 spiro atoms. The SMILES string of the molecule is O=C1/C(=C\C=C\c2ccc([N+](=O)[O-])cc2)c2ccccc2N1Cc1ccc(OC2CC(OC3CCNCC3)C2)cc1. The lowest BCUT2D eigenvalue weighted by Gasteiger charge is -2.38. The number of rotatable bonds is 9. The zero-order valence-corrected chi connectivity index (χ0v) is 22.8. The number of carbonyl (C=O) groups is 1. The van der Waals surface area contributed by atoms with E-state index in [-0.39, 0.29) is 17.7 Å². The number of nitrogens with zero attached hydrogens (tertiary/aromatic N) is 2. The van der Waals surface area contributed by atoms with Gasteiger partial charge in [-0.2, -0.15) is 0 Å². The molecule has 210 valence electrons. The fourth-order valence-corrected chi connectivity index (χ4v) is 5.56. The molecule has 2 fully saturated rings. The van der Waals surface area contributed by atoms with Gasteiger partial charge < -0.3 is 19.7 Å². The van der Waals surface area contributed by atoms with Crippen molar-refractivity contribution < 1.29 is 19.2 Å². The number of para-hydroxylation sites is 1. The molecule has 2 aliphatic heterocycles. The third-order valence-corrected chi connectivity index (χ3v) is 7.91. The molecule has 6 rings (SSSR count). The summed E-state index contributed by atoms with van der Waals surface area (Å²) in [6.45, 7) is 2.53. The van der Waals surface area contributed by atoms with Crippen molar-refractivity contribution in [1.29, 1.82) is 0 Å². The zero-order chi connectivity index (χ0) is 28.2. The topological polar surface area (TPSA) is 93.9 Å². The molecule has 8 heteroatoms.